The number of piperidine rings is 1. The van der Waals surface area contributed by atoms with Gasteiger partial charge < -0.3 is 5.11 Å². The molecule has 0 aliphatic carbocycles. The van der Waals surface area contributed by atoms with E-state index in [2.05, 4.69) is 40.1 Å². The molecule has 2 aliphatic rings. The fraction of sp³-hybridized carbons (Fsp3) is 0.647. The zero-order valence-electron chi connectivity index (χ0n) is 12.2. The van der Waals surface area contributed by atoms with Crippen LogP contribution in [0.4, 0.5) is 0 Å². The first kappa shape index (κ1) is 14.1. The summed E-state index contributed by atoms with van der Waals surface area (Å²) in [5, 5.41) is 9.25. The van der Waals surface area contributed by atoms with E-state index in [-0.39, 0.29) is 0 Å². The molecular formula is C17H26N2O. The third-order valence-electron chi connectivity index (χ3n) is 4.90. The molecule has 0 saturated carbocycles. The second-order valence-corrected chi connectivity index (χ2v) is 6.33. The molecule has 1 N–H and O–H groups in total. The second kappa shape index (κ2) is 6.70. The fourth-order valence-electron chi connectivity index (χ4n) is 3.63. The number of benzene rings is 1. The van der Waals surface area contributed by atoms with Crippen LogP contribution in [0.15, 0.2) is 30.3 Å². The maximum Gasteiger partial charge on any atom is 0.0471 e. The van der Waals surface area contributed by atoms with Gasteiger partial charge in [0.15, 0.2) is 0 Å². The average molecular weight is 274 g/mol. The summed E-state index contributed by atoms with van der Waals surface area (Å²) >= 11 is 0. The van der Waals surface area contributed by atoms with Crippen molar-refractivity contribution in [2.24, 2.45) is 5.92 Å². The Morgan fingerprint density at radius 1 is 1.00 bits per heavy atom. The van der Waals surface area contributed by atoms with Crippen LogP contribution in [0.1, 0.15) is 24.8 Å². The number of aliphatic hydroxyl groups is 1. The summed E-state index contributed by atoms with van der Waals surface area (Å²) < 4.78 is 0. The molecule has 2 heterocycles. The number of nitrogens with zero attached hydrogens (tertiary/aromatic N) is 2. The van der Waals surface area contributed by atoms with Crippen molar-refractivity contribution in [1.82, 2.24) is 9.80 Å². The van der Waals surface area contributed by atoms with Crippen LogP contribution in [-0.4, -0.2) is 53.7 Å². The molecule has 3 nitrogen and oxygen atoms in total. The third kappa shape index (κ3) is 3.40. The lowest BCUT2D eigenvalue weighted by Gasteiger charge is -2.36. The van der Waals surface area contributed by atoms with Gasteiger partial charge in [-0.2, -0.15) is 0 Å². The monoisotopic (exact) mass is 274 g/mol. The summed E-state index contributed by atoms with van der Waals surface area (Å²) in [6.45, 7) is 6.17. The molecule has 0 radical (unpaired) electrons. The van der Waals surface area contributed by atoms with Crippen LogP contribution in [-0.2, 0) is 6.54 Å². The first-order valence-corrected chi connectivity index (χ1v) is 7.96. The molecule has 0 spiro atoms. The van der Waals surface area contributed by atoms with E-state index >= 15 is 0 Å². The van der Waals surface area contributed by atoms with Crippen LogP contribution in [0, 0.1) is 5.92 Å². The number of hydrogen-bond donors (Lipinski definition) is 1. The number of hydrogen-bond acceptors (Lipinski definition) is 3. The summed E-state index contributed by atoms with van der Waals surface area (Å²) in [4.78, 5) is 5.19. The smallest absolute Gasteiger partial charge is 0.0471 e. The highest BCUT2D eigenvalue weighted by Gasteiger charge is 2.30. The van der Waals surface area contributed by atoms with Gasteiger partial charge in [-0.1, -0.05) is 30.3 Å². The SMILES string of the molecule is OC[C@@H]1CCN(C2CCN(Cc3ccccc3)CC2)C1. The molecule has 20 heavy (non-hydrogen) atoms. The Morgan fingerprint density at radius 3 is 2.40 bits per heavy atom. The van der Waals surface area contributed by atoms with Gasteiger partial charge in [0.05, 0.1) is 0 Å². The predicted octanol–water partition coefficient (Wildman–Crippen LogP) is 1.97. The second-order valence-electron chi connectivity index (χ2n) is 6.33. The minimum atomic E-state index is 0.364. The van der Waals surface area contributed by atoms with Crippen molar-refractivity contribution in [2.75, 3.05) is 32.8 Å². The van der Waals surface area contributed by atoms with Gasteiger partial charge in [-0.15, -0.1) is 0 Å². The van der Waals surface area contributed by atoms with Crippen LogP contribution >= 0.6 is 0 Å². The quantitative estimate of drug-likeness (QED) is 0.909. The van der Waals surface area contributed by atoms with Crippen LogP contribution < -0.4 is 0 Å². The average Bonchev–Trinajstić information content (AvgIpc) is 2.98. The lowest BCUT2D eigenvalue weighted by atomic mass is 10.0. The Bertz CT molecular complexity index is 401. The van der Waals surface area contributed by atoms with Gasteiger partial charge in [0.1, 0.15) is 0 Å². The normalized spacial score (nSPS) is 26.1. The van der Waals surface area contributed by atoms with E-state index in [0.29, 0.717) is 12.5 Å². The predicted molar refractivity (Wildman–Crippen MR) is 81.5 cm³/mol. The minimum absolute atomic E-state index is 0.364. The van der Waals surface area contributed by atoms with E-state index in [0.717, 1.165) is 19.1 Å². The number of likely N-dealkylation sites (tertiary alicyclic amines) is 2. The van der Waals surface area contributed by atoms with Gasteiger partial charge in [-0.3, -0.25) is 9.80 Å². The van der Waals surface area contributed by atoms with Gasteiger partial charge in [-0.25, -0.2) is 0 Å². The molecule has 0 unspecified atom stereocenters. The lowest BCUT2D eigenvalue weighted by molar-refractivity contribution is 0.115. The third-order valence-corrected chi connectivity index (χ3v) is 4.90. The van der Waals surface area contributed by atoms with Gasteiger partial charge in [0.2, 0.25) is 0 Å². The van der Waals surface area contributed by atoms with Gasteiger partial charge in [0, 0.05) is 25.7 Å². The molecule has 0 bridgehead atoms. The van der Waals surface area contributed by atoms with Crippen LogP contribution in [0.2, 0.25) is 0 Å². The highest BCUT2D eigenvalue weighted by Crippen LogP contribution is 2.24. The van der Waals surface area contributed by atoms with E-state index in [1.54, 1.807) is 0 Å². The molecule has 3 heteroatoms. The van der Waals surface area contributed by atoms with Gasteiger partial charge in [-0.05, 0) is 50.4 Å². The largest absolute Gasteiger partial charge is 0.396 e. The zero-order valence-corrected chi connectivity index (χ0v) is 12.2. The summed E-state index contributed by atoms with van der Waals surface area (Å²) in [7, 11) is 0. The summed E-state index contributed by atoms with van der Waals surface area (Å²) in [5.74, 6) is 0.525. The van der Waals surface area contributed by atoms with Crippen LogP contribution in [0.5, 0.6) is 0 Å². The van der Waals surface area contributed by atoms with Crippen molar-refractivity contribution >= 4 is 0 Å². The first-order chi connectivity index (χ1) is 9.85. The van der Waals surface area contributed by atoms with Gasteiger partial charge >= 0.3 is 0 Å². The van der Waals surface area contributed by atoms with E-state index < -0.39 is 0 Å². The van der Waals surface area contributed by atoms with Crippen molar-refractivity contribution in [2.45, 2.75) is 31.8 Å². The Labute approximate surface area is 122 Å². The molecule has 0 aromatic heterocycles. The molecular weight excluding hydrogens is 248 g/mol. The standard InChI is InChI=1S/C17H26N2O/c20-14-16-6-11-19(13-16)17-7-9-18(10-8-17)12-15-4-2-1-3-5-15/h1-5,16-17,20H,6-14H2/t16-/m1/s1. The van der Waals surface area contributed by atoms with Crippen molar-refractivity contribution in [1.29, 1.82) is 0 Å². The Morgan fingerprint density at radius 2 is 1.75 bits per heavy atom. The maximum absolute atomic E-state index is 9.25. The van der Waals surface area contributed by atoms with E-state index in [4.69, 9.17) is 0 Å². The van der Waals surface area contributed by atoms with E-state index in [1.165, 1.54) is 44.5 Å². The number of rotatable bonds is 4. The van der Waals surface area contributed by atoms with Crippen LogP contribution in [0.3, 0.4) is 0 Å². The maximum atomic E-state index is 9.25. The first-order valence-electron chi connectivity index (χ1n) is 7.96. The molecule has 2 fully saturated rings. The molecule has 2 aliphatic heterocycles. The molecule has 1 aromatic carbocycles. The fourth-order valence-corrected chi connectivity index (χ4v) is 3.63. The molecule has 110 valence electrons. The summed E-state index contributed by atoms with van der Waals surface area (Å²) in [6, 6.07) is 11.5. The Kier molecular flexibility index (Phi) is 4.71. The van der Waals surface area contributed by atoms with E-state index in [1.807, 2.05) is 0 Å². The van der Waals surface area contributed by atoms with E-state index in [9.17, 15) is 5.11 Å². The lowest BCUT2D eigenvalue weighted by Crippen LogP contribution is -2.43. The molecule has 1 atom stereocenters. The van der Waals surface area contributed by atoms with Crippen LogP contribution in [0.25, 0.3) is 0 Å². The topological polar surface area (TPSA) is 26.7 Å². The van der Waals surface area contributed by atoms with Gasteiger partial charge in [0.25, 0.3) is 0 Å². The number of aliphatic hydroxyl groups excluding tert-OH is 1. The molecule has 2 saturated heterocycles. The molecule has 3 rings (SSSR count). The van der Waals surface area contributed by atoms with Crippen molar-refractivity contribution in [3.63, 3.8) is 0 Å². The highest BCUT2D eigenvalue weighted by molar-refractivity contribution is 5.14. The van der Waals surface area contributed by atoms with Crippen molar-refractivity contribution in [3.05, 3.63) is 35.9 Å². The summed E-state index contributed by atoms with van der Waals surface area (Å²) in [6.07, 6.45) is 3.75. The summed E-state index contributed by atoms with van der Waals surface area (Å²) in [5.41, 5.74) is 1.42. The Balaban J connectivity index is 1.45. The molecule has 0 amide bonds. The van der Waals surface area contributed by atoms with Crippen molar-refractivity contribution < 1.29 is 5.11 Å². The minimum Gasteiger partial charge on any atom is -0.396 e. The Hall–Kier alpha value is -0.900. The zero-order chi connectivity index (χ0) is 13.8. The molecule has 1 aromatic rings. The highest BCUT2D eigenvalue weighted by atomic mass is 16.3. The van der Waals surface area contributed by atoms with Crippen molar-refractivity contribution in [3.8, 4) is 0 Å².